The molecule has 5 nitrogen and oxygen atoms in total. The van der Waals surface area contributed by atoms with E-state index in [-0.39, 0.29) is 12.0 Å². The largest absolute Gasteiger partial charge is 0.371 e. The molecule has 0 spiro atoms. The maximum Gasteiger partial charge on any atom is 0.227 e. The lowest BCUT2D eigenvalue weighted by Crippen LogP contribution is -2.39. The summed E-state index contributed by atoms with van der Waals surface area (Å²) in [6, 6.07) is 10.2. The van der Waals surface area contributed by atoms with Crippen LogP contribution in [0.15, 0.2) is 41.9 Å². The molecule has 1 saturated heterocycles. The Hall–Kier alpha value is -1.76. The van der Waals surface area contributed by atoms with E-state index >= 15 is 0 Å². The molecule has 1 aliphatic rings. The van der Waals surface area contributed by atoms with Gasteiger partial charge in [-0.1, -0.05) is 30.3 Å². The Kier molecular flexibility index (Phi) is 5.15. The van der Waals surface area contributed by atoms with Crippen LogP contribution in [-0.4, -0.2) is 42.0 Å². The summed E-state index contributed by atoms with van der Waals surface area (Å²) in [6.07, 6.45) is 2.25. The van der Waals surface area contributed by atoms with Gasteiger partial charge in [-0.25, -0.2) is 4.98 Å². The van der Waals surface area contributed by atoms with Crippen LogP contribution in [0, 0.1) is 0 Å². The number of nitrogens with one attached hydrogen (secondary N) is 1. The van der Waals surface area contributed by atoms with Crippen LogP contribution in [0.5, 0.6) is 0 Å². The van der Waals surface area contributed by atoms with Gasteiger partial charge in [0, 0.05) is 37.6 Å². The summed E-state index contributed by atoms with van der Waals surface area (Å²) in [5, 5.41) is 5.33. The fourth-order valence-electron chi connectivity index (χ4n) is 2.50. The molecule has 0 saturated carbocycles. The van der Waals surface area contributed by atoms with Gasteiger partial charge in [-0.3, -0.25) is 9.69 Å². The molecule has 0 radical (unpaired) electrons. The summed E-state index contributed by atoms with van der Waals surface area (Å²) in [6.45, 7) is 3.14. The van der Waals surface area contributed by atoms with Crippen molar-refractivity contribution in [3.05, 3.63) is 47.5 Å². The van der Waals surface area contributed by atoms with Crippen LogP contribution in [0.1, 0.15) is 18.1 Å². The van der Waals surface area contributed by atoms with Gasteiger partial charge in [0.25, 0.3) is 0 Å². The molecule has 2 heterocycles. The first-order valence-corrected chi connectivity index (χ1v) is 8.27. The molecule has 1 aromatic heterocycles. The molecule has 1 fully saturated rings. The predicted molar refractivity (Wildman–Crippen MR) is 86.9 cm³/mol. The second-order valence-corrected chi connectivity index (χ2v) is 6.10. The number of aromatic nitrogens is 1. The minimum absolute atomic E-state index is 0.0118. The number of thiazole rings is 1. The average Bonchev–Trinajstić information content (AvgIpc) is 3.07. The zero-order valence-electron chi connectivity index (χ0n) is 12.3. The van der Waals surface area contributed by atoms with Crippen molar-refractivity contribution in [2.45, 2.75) is 12.5 Å². The molecular weight excluding hydrogens is 298 g/mol. The quantitative estimate of drug-likeness (QED) is 0.921. The highest BCUT2D eigenvalue weighted by atomic mass is 32.1. The number of carbonyl (C=O) groups is 1. The first-order chi connectivity index (χ1) is 10.8. The number of anilines is 1. The zero-order chi connectivity index (χ0) is 15.2. The van der Waals surface area contributed by atoms with Crippen LogP contribution in [0.25, 0.3) is 0 Å². The number of nitrogens with zero attached hydrogens (tertiary/aromatic N) is 2. The lowest BCUT2D eigenvalue weighted by atomic mass is 10.1. The first kappa shape index (κ1) is 15.1. The van der Waals surface area contributed by atoms with Gasteiger partial charge in [-0.05, 0) is 5.56 Å². The number of benzene rings is 1. The number of rotatable bonds is 5. The molecule has 2 aromatic rings. The van der Waals surface area contributed by atoms with E-state index in [0.29, 0.717) is 18.2 Å². The van der Waals surface area contributed by atoms with Crippen LogP contribution in [0.2, 0.25) is 0 Å². The molecule has 1 atom stereocenters. The van der Waals surface area contributed by atoms with Crippen LogP contribution in [0.3, 0.4) is 0 Å². The topological polar surface area (TPSA) is 54.5 Å². The van der Waals surface area contributed by atoms with E-state index in [1.54, 1.807) is 6.20 Å². The Morgan fingerprint density at radius 1 is 1.41 bits per heavy atom. The second kappa shape index (κ2) is 7.49. The summed E-state index contributed by atoms with van der Waals surface area (Å²) in [7, 11) is 0. The highest BCUT2D eigenvalue weighted by Gasteiger charge is 2.22. The van der Waals surface area contributed by atoms with Crippen LogP contribution in [0.4, 0.5) is 5.13 Å². The van der Waals surface area contributed by atoms with E-state index in [2.05, 4.69) is 27.3 Å². The molecule has 6 heteroatoms. The molecule has 1 unspecified atom stereocenters. The second-order valence-electron chi connectivity index (χ2n) is 5.21. The summed E-state index contributed by atoms with van der Waals surface area (Å²) in [5.74, 6) is 0.0118. The predicted octanol–water partition coefficient (Wildman–Crippen LogP) is 2.55. The molecular formula is C16H19N3O2S. The van der Waals surface area contributed by atoms with Crippen molar-refractivity contribution in [2.75, 3.05) is 31.6 Å². The van der Waals surface area contributed by atoms with E-state index < -0.39 is 0 Å². The lowest BCUT2D eigenvalue weighted by molar-refractivity contribution is -0.117. The van der Waals surface area contributed by atoms with Crippen molar-refractivity contribution in [1.82, 2.24) is 9.88 Å². The number of ether oxygens (including phenoxy) is 1. The minimum atomic E-state index is 0.0118. The molecule has 116 valence electrons. The van der Waals surface area contributed by atoms with Gasteiger partial charge in [-0.2, -0.15) is 0 Å². The molecule has 0 bridgehead atoms. The smallest absolute Gasteiger partial charge is 0.227 e. The van der Waals surface area contributed by atoms with Crippen molar-refractivity contribution in [1.29, 1.82) is 0 Å². The number of amides is 1. The maximum atomic E-state index is 11.9. The highest BCUT2D eigenvalue weighted by Crippen LogP contribution is 2.22. The van der Waals surface area contributed by atoms with Gasteiger partial charge in [0.2, 0.25) is 5.91 Å². The molecule has 1 N–H and O–H groups in total. The van der Waals surface area contributed by atoms with Gasteiger partial charge in [0.1, 0.15) is 0 Å². The van der Waals surface area contributed by atoms with Crippen LogP contribution < -0.4 is 5.32 Å². The SMILES string of the molecule is O=C(CCN1CCOC(c2ccccc2)C1)Nc1nccs1. The maximum absolute atomic E-state index is 11.9. The fourth-order valence-corrected chi connectivity index (χ4v) is 3.05. The summed E-state index contributed by atoms with van der Waals surface area (Å²) < 4.78 is 5.84. The number of hydrogen-bond acceptors (Lipinski definition) is 5. The molecule has 1 amide bonds. The van der Waals surface area contributed by atoms with Gasteiger partial charge in [0.05, 0.1) is 12.7 Å². The van der Waals surface area contributed by atoms with E-state index in [4.69, 9.17) is 4.74 Å². The van der Waals surface area contributed by atoms with Gasteiger partial charge in [-0.15, -0.1) is 11.3 Å². The van der Waals surface area contributed by atoms with Crippen molar-refractivity contribution < 1.29 is 9.53 Å². The monoisotopic (exact) mass is 317 g/mol. The van der Waals surface area contributed by atoms with Crippen molar-refractivity contribution in [3.8, 4) is 0 Å². The summed E-state index contributed by atoms with van der Waals surface area (Å²) in [5.41, 5.74) is 1.19. The minimum Gasteiger partial charge on any atom is -0.371 e. The first-order valence-electron chi connectivity index (χ1n) is 7.39. The Bertz CT molecular complexity index is 589. The Labute approximate surface area is 133 Å². The molecule has 3 rings (SSSR count). The third-order valence-electron chi connectivity index (χ3n) is 3.66. The molecule has 1 aliphatic heterocycles. The standard InChI is InChI=1S/C16H19N3O2S/c20-15(18-16-17-7-11-22-16)6-8-19-9-10-21-14(12-19)13-4-2-1-3-5-13/h1-5,7,11,14H,6,8-10,12H2,(H,17,18,20). The van der Waals surface area contributed by atoms with E-state index in [1.165, 1.54) is 16.9 Å². The molecule has 1 aromatic carbocycles. The van der Waals surface area contributed by atoms with Gasteiger partial charge in [0.15, 0.2) is 5.13 Å². The van der Waals surface area contributed by atoms with Crippen molar-refractivity contribution in [3.63, 3.8) is 0 Å². The fraction of sp³-hybridized carbons (Fsp3) is 0.375. The van der Waals surface area contributed by atoms with Gasteiger partial charge < -0.3 is 10.1 Å². The molecule has 22 heavy (non-hydrogen) atoms. The van der Waals surface area contributed by atoms with E-state index in [0.717, 1.165) is 19.6 Å². The number of hydrogen-bond donors (Lipinski definition) is 1. The Morgan fingerprint density at radius 3 is 3.05 bits per heavy atom. The third kappa shape index (κ3) is 4.13. The summed E-state index contributed by atoms with van der Waals surface area (Å²) in [4.78, 5) is 18.2. The Morgan fingerprint density at radius 2 is 2.27 bits per heavy atom. The van der Waals surface area contributed by atoms with Crippen LogP contribution >= 0.6 is 11.3 Å². The van der Waals surface area contributed by atoms with E-state index in [1.807, 2.05) is 23.6 Å². The van der Waals surface area contributed by atoms with Crippen LogP contribution in [-0.2, 0) is 9.53 Å². The average molecular weight is 317 g/mol. The molecule has 0 aliphatic carbocycles. The zero-order valence-corrected chi connectivity index (χ0v) is 13.1. The lowest BCUT2D eigenvalue weighted by Gasteiger charge is -2.33. The highest BCUT2D eigenvalue weighted by molar-refractivity contribution is 7.13. The van der Waals surface area contributed by atoms with E-state index in [9.17, 15) is 4.79 Å². The normalized spacial score (nSPS) is 19.0. The van der Waals surface area contributed by atoms with Crippen molar-refractivity contribution >= 4 is 22.4 Å². The number of carbonyl (C=O) groups excluding carboxylic acids is 1. The van der Waals surface area contributed by atoms with Crippen molar-refractivity contribution in [2.24, 2.45) is 0 Å². The van der Waals surface area contributed by atoms with Gasteiger partial charge >= 0.3 is 0 Å². The summed E-state index contributed by atoms with van der Waals surface area (Å²) >= 11 is 1.43. The Balaban J connectivity index is 1.47. The number of morpholine rings is 1. The third-order valence-corrected chi connectivity index (χ3v) is 4.34.